The first-order chi connectivity index (χ1) is 14.0. The van der Waals surface area contributed by atoms with Gasteiger partial charge in [-0.15, -0.1) is 0 Å². The monoisotopic (exact) mass is 396 g/mol. The molecule has 0 bridgehead atoms. The normalized spacial score (nSPS) is 17.4. The molecule has 0 aromatic heterocycles. The highest BCUT2D eigenvalue weighted by Crippen LogP contribution is 2.19. The van der Waals surface area contributed by atoms with Gasteiger partial charge >= 0.3 is 6.09 Å². The lowest BCUT2D eigenvalue weighted by atomic mass is 10.0. The predicted molar refractivity (Wildman–Crippen MR) is 115 cm³/mol. The fourth-order valence-electron chi connectivity index (χ4n) is 3.50. The summed E-state index contributed by atoms with van der Waals surface area (Å²) < 4.78 is 11.4. The maximum Gasteiger partial charge on any atom is 0.410 e. The SMILES string of the molecule is CC(C)c1ccc(OCC[C@@H]2CN(C(=O)OCc3ccccc3)CCN2C)cc1. The minimum Gasteiger partial charge on any atom is -0.494 e. The summed E-state index contributed by atoms with van der Waals surface area (Å²) >= 11 is 0. The van der Waals surface area contributed by atoms with Crippen LogP contribution >= 0.6 is 0 Å². The lowest BCUT2D eigenvalue weighted by Gasteiger charge is -2.38. The number of hydrogen-bond donors (Lipinski definition) is 0. The average molecular weight is 397 g/mol. The van der Waals surface area contributed by atoms with Crippen molar-refractivity contribution in [1.29, 1.82) is 0 Å². The first kappa shape index (κ1) is 21.2. The highest BCUT2D eigenvalue weighted by atomic mass is 16.6. The quantitative estimate of drug-likeness (QED) is 0.689. The van der Waals surface area contributed by atoms with Gasteiger partial charge in [-0.25, -0.2) is 4.79 Å². The topological polar surface area (TPSA) is 42.0 Å². The van der Waals surface area contributed by atoms with E-state index < -0.39 is 0 Å². The molecular weight excluding hydrogens is 364 g/mol. The van der Waals surface area contributed by atoms with Crippen LogP contribution in [0.5, 0.6) is 5.75 Å². The molecule has 1 atom stereocenters. The predicted octanol–water partition coefficient (Wildman–Crippen LogP) is 4.53. The molecule has 1 fully saturated rings. The van der Waals surface area contributed by atoms with Gasteiger partial charge in [-0.3, -0.25) is 4.90 Å². The van der Waals surface area contributed by atoms with E-state index in [0.29, 0.717) is 32.2 Å². The molecule has 0 spiro atoms. The van der Waals surface area contributed by atoms with Crippen LogP contribution in [0.3, 0.4) is 0 Å². The molecule has 1 heterocycles. The lowest BCUT2D eigenvalue weighted by molar-refractivity contribution is 0.0508. The van der Waals surface area contributed by atoms with Crippen molar-refractivity contribution in [1.82, 2.24) is 9.80 Å². The van der Waals surface area contributed by atoms with Crippen molar-refractivity contribution >= 4 is 6.09 Å². The Morgan fingerprint density at radius 1 is 1.07 bits per heavy atom. The van der Waals surface area contributed by atoms with Crippen molar-refractivity contribution in [2.24, 2.45) is 0 Å². The van der Waals surface area contributed by atoms with Crippen LogP contribution in [0.1, 0.15) is 37.3 Å². The summed E-state index contributed by atoms with van der Waals surface area (Å²) in [5, 5.41) is 0. The summed E-state index contributed by atoms with van der Waals surface area (Å²) in [7, 11) is 2.11. The molecule has 1 saturated heterocycles. The minimum atomic E-state index is -0.239. The molecule has 1 aliphatic heterocycles. The van der Waals surface area contributed by atoms with Gasteiger partial charge in [-0.1, -0.05) is 56.3 Å². The second-order valence-corrected chi connectivity index (χ2v) is 7.98. The number of hydrogen-bond acceptors (Lipinski definition) is 4. The summed E-state index contributed by atoms with van der Waals surface area (Å²) in [5.41, 5.74) is 2.32. The molecule has 5 nitrogen and oxygen atoms in total. The Bertz CT molecular complexity index is 761. The zero-order chi connectivity index (χ0) is 20.6. The largest absolute Gasteiger partial charge is 0.494 e. The van der Waals surface area contributed by atoms with Gasteiger partial charge in [0, 0.05) is 25.7 Å². The number of ether oxygens (including phenoxy) is 2. The standard InChI is InChI=1S/C24H32N2O3/c1-19(2)21-9-11-23(12-10-21)28-16-13-22-17-26(15-14-25(22)3)24(27)29-18-20-7-5-4-6-8-20/h4-12,19,22H,13-18H2,1-3H3/t22-/m1/s1. The molecule has 1 aliphatic rings. The third-order valence-electron chi connectivity index (χ3n) is 5.51. The summed E-state index contributed by atoms with van der Waals surface area (Å²) in [6, 6.07) is 18.4. The molecule has 5 heteroatoms. The summed E-state index contributed by atoms with van der Waals surface area (Å²) in [4.78, 5) is 16.6. The zero-order valence-corrected chi connectivity index (χ0v) is 17.7. The van der Waals surface area contributed by atoms with Crippen LogP contribution in [-0.2, 0) is 11.3 Å². The molecule has 29 heavy (non-hydrogen) atoms. The highest BCUT2D eigenvalue weighted by molar-refractivity contribution is 5.67. The Hall–Kier alpha value is -2.53. The van der Waals surface area contributed by atoms with Crippen molar-refractivity contribution in [3.63, 3.8) is 0 Å². The third kappa shape index (κ3) is 6.23. The van der Waals surface area contributed by atoms with Gasteiger partial charge in [-0.2, -0.15) is 0 Å². The van der Waals surface area contributed by atoms with Crippen molar-refractivity contribution in [3.8, 4) is 5.75 Å². The van der Waals surface area contributed by atoms with Crippen LogP contribution < -0.4 is 4.74 Å². The average Bonchev–Trinajstić information content (AvgIpc) is 2.74. The number of likely N-dealkylation sites (N-methyl/N-ethyl adjacent to an activating group) is 1. The maximum absolute atomic E-state index is 12.5. The van der Waals surface area contributed by atoms with Crippen molar-refractivity contribution in [3.05, 3.63) is 65.7 Å². The highest BCUT2D eigenvalue weighted by Gasteiger charge is 2.28. The van der Waals surface area contributed by atoms with Crippen molar-refractivity contribution in [2.75, 3.05) is 33.3 Å². The molecule has 2 aromatic carbocycles. The van der Waals surface area contributed by atoms with Crippen LogP contribution in [0.15, 0.2) is 54.6 Å². The lowest BCUT2D eigenvalue weighted by Crippen LogP contribution is -2.53. The van der Waals surface area contributed by atoms with Gasteiger partial charge < -0.3 is 14.4 Å². The van der Waals surface area contributed by atoms with Gasteiger partial charge in [0.2, 0.25) is 0 Å². The number of carbonyl (C=O) groups excluding carboxylic acids is 1. The second kappa shape index (κ2) is 10.3. The first-order valence-corrected chi connectivity index (χ1v) is 10.4. The first-order valence-electron chi connectivity index (χ1n) is 10.4. The smallest absolute Gasteiger partial charge is 0.410 e. The Kier molecular flexibility index (Phi) is 7.53. The van der Waals surface area contributed by atoms with Gasteiger partial charge in [-0.05, 0) is 42.6 Å². The number of benzene rings is 2. The minimum absolute atomic E-state index is 0.239. The number of piperazine rings is 1. The summed E-state index contributed by atoms with van der Waals surface area (Å²) in [6.45, 7) is 7.51. The van der Waals surface area contributed by atoms with E-state index in [1.165, 1.54) is 5.56 Å². The van der Waals surface area contributed by atoms with Crippen LogP contribution in [0.4, 0.5) is 4.79 Å². The fourth-order valence-corrected chi connectivity index (χ4v) is 3.50. The Morgan fingerprint density at radius 3 is 2.48 bits per heavy atom. The van der Waals surface area contributed by atoms with Crippen LogP contribution in [0.25, 0.3) is 0 Å². The molecule has 0 saturated carbocycles. The zero-order valence-electron chi connectivity index (χ0n) is 17.7. The molecule has 0 N–H and O–H groups in total. The van der Waals surface area contributed by atoms with Crippen molar-refractivity contribution < 1.29 is 14.3 Å². The van der Waals surface area contributed by atoms with Crippen LogP contribution in [0, 0.1) is 0 Å². The van der Waals surface area contributed by atoms with Gasteiger partial charge in [0.25, 0.3) is 0 Å². The second-order valence-electron chi connectivity index (χ2n) is 7.98. The van der Waals surface area contributed by atoms with E-state index in [-0.39, 0.29) is 12.1 Å². The molecular formula is C24H32N2O3. The van der Waals surface area contributed by atoms with Gasteiger partial charge in [0.1, 0.15) is 12.4 Å². The number of carbonyl (C=O) groups is 1. The number of amides is 1. The van der Waals surface area contributed by atoms with E-state index in [1.54, 1.807) is 0 Å². The van der Waals surface area contributed by atoms with Gasteiger partial charge in [0.05, 0.1) is 6.61 Å². The van der Waals surface area contributed by atoms with E-state index in [1.807, 2.05) is 47.4 Å². The van der Waals surface area contributed by atoms with Crippen molar-refractivity contribution in [2.45, 2.75) is 38.8 Å². The van der Waals surface area contributed by atoms with E-state index in [2.05, 4.69) is 37.9 Å². The molecule has 0 unspecified atom stereocenters. The number of nitrogens with zero attached hydrogens (tertiary/aromatic N) is 2. The molecule has 0 radical (unpaired) electrons. The fraction of sp³-hybridized carbons (Fsp3) is 0.458. The van der Waals surface area contributed by atoms with E-state index in [4.69, 9.17) is 9.47 Å². The number of rotatable bonds is 7. The van der Waals surface area contributed by atoms with E-state index in [0.717, 1.165) is 24.3 Å². The molecule has 0 aliphatic carbocycles. The third-order valence-corrected chi connectivity index (χ3v) is 5.51. The Balaban J connectivity index is 1.44. The Labute approximate surface area is 174 Å². The van der Waals surface area contributed by atoms with E-state index in [9.17, 15) is 4.79 Å². The molecule has 3 rings (SSSR count). The van der Waals surface area contributed by atoms with Gasteiger partial charge in [0.15, 0.2) is 0 Å². The summed E-state index contributed by atoms with van der Waals surface area (Å²) in [6.07, 6.45) is 0.627. The van der Waals surface area contributed by atoms with E-state index >= 15 is 0 Å². The van der Waals surface area contributed by atoms with Crippen LogP contribution in [-0.4, -0.2) is 55.2 Å². The molecule has 156 valence electrons. The molecule has 1 amide bonds. The Morgan fingerprint density at radius 2 is 1.79 bits per heavy atom. The maximum atomic E-state index is 12.5. The molecule has 2 aromatic rings. The summed E-state index contributed by atoms with van der Waals surface area (Å²) in [5.74, 6) is 1.42. The van der Waals surface area contributed by atoms with Crippen LogP contribution in [0.2, 0.25) is 0 Å².